The summed E-state index contributed by atoms with van der Waals surface area (Å²) in [6.07, 6.45) is 4.00. The molecule has 3 nitrogen and oxygen atoms in total. The quantitative estimate of drug-likeness (QED) is 0.814. The predicted molar refractivity (Wildman–Crippen MR) is 69.6 cm³/mol. The predicted octanol–water partition coefficient (Wildman–Crippen LogP) is 2.35. The maximum absolute atomic E-state index is 11.6. The monoisotopic (exact) mass is 248 g/mol. The van der Waals surface area contributed by atoms with Crippen LogP contribution in [0.1, 0.15) is 41.3 Å². The Morgan fingerprint density at radius 2 is 2.17 bits per heavy atom. The highest BCUT2D eigenvalue weighted by atomic mass is 16.5. The average Bonchev–Trinajstić information content (AvgIpc) is 2.78. The fourth-order valence-corrected chi connectivity index (χ4v) is 2.63. The van der Waals surface area contributed by atoms with Crippen LogP contribution in [0.2, 0.25) is 0 Å². The lowest BCUT2D eigenvalue weighted by atomic mass is 10.0. The van der Waals surface area contributed by atoms with Gasteiger partial charge in [0.05, 0.1) is 12.2 Å². The van der Waals surface area contributed by atoms with Crippen LogP contribution in [-0.2, 0) is 17.6 Å². The van der Waals surface area contributed by atoms with E-state index in [4.69, 9.17) is 9.84 Å². The molecule has 1 unspecified atom stereocenters. The lowest BCUT2D eigenvalue weighted by molar-refractivity contribution is 0.0526. The second-order valence-electron chi connectivity index (χ2n) is 4.84. The molecule has 2 rings (SSSR count). The van der Waals surface area contributed by atoms with Gasteiger partial charge in [0.25, 0.3) is 0 Å². The van der Waals surface area contributed by atoms with Crippen molar-refractivity contribution in [2.45, 2.75) is 32.6 Å². The third-order valence-corrected chi connectivity index (χ3v) is 3.51. The second kappa shape index (κ2) is 6.01. The van der Waals surface area contributed by atoms with Gasteiger partial charge in [0, 0.05) is 6.61 Å². The number of fused-ring (bicyclic) bond motifs is 1. The molecule has 1 aromatic carbocycles. The van der Waals surface area contributed by atoms with Crippen LogP contribution >= 0.6 is 0 Å². The molecule has 1 aromatic rings. The summed E-state index contributed by atoms with van der Waals surface area (Å²) in [7, 11) is 0. The highest BCUT2D eigenvalue weighted by Gasteiger charge is 2.22. The Labute approximate surface area is 108 Å². The van der Waals surface area contributed by atoms with Gasteiger partial charge in [-0.25, -0.2) is 4.79 Å². The first-order chi connectivity index (χ1) is 8.74. The Balaban J connectivity index is 2.05. The van der Waals surface area contributed by atoms with E-state index >= 15 is 0 Å². The van der Waals surface area contributed by atoms with Crippen molar-refractivity contribution < 1.29 is 14.6 Å². The molecule has 0 aromatic heterocycles. The van der Waals surface area contributed by atoms with Gasteiger partial charge in [-0.15, -0.1) is 0 Å². The van der Waals surface area contributed by atoms with E-state index in [1.807, 2.05) is 25.1 Å². The van der Waals surface area contributed by atoms with Gasteiger partial charge in [-0.2, -0.15) is 0 Å². The minimum absolute atomic E-state index is 0.237. The van der Waals surface area contributed by atoms with E-state index in [1.54, 1.807) is 0 Å². The molecular weight excluding hydrogens is 228 g/mol. The number of hydrogen-bond donors (Lipinski definition) is 1. The van der Waals surface area contributed by atoms with Crippen molar-refractivity contribution in [3.05, 3.63) is 34.9 Å². The highest BCUT2D eigenvalue weighted by Crippen LogP contribution is 2.30. The molecule has 0 aliphatic heterocycles. The lowest BCUT2D eigenvalue weighted by Gasteiger charge is -2.06. The molecule has 0 saturated carbocycles. The van der Waals surface area contributed by atoms with Crippen molar-refractivity contribution in [2.75, 3.05) is 13.2 Å². The summed E-state index contributed by atoms with van der Waals surface area (Å²) in [5.74, 6) is 0.378. The van der Waals surface area contributed by atoms with E-state index in [9.17, 15) is 4.79 Å². The molecule has 1 aliphatic rings. The number of ether oxygens (including phenoxy) is 1. The Kier molecular flexibility index (Phi) is 4.37. The van der Waals surface area contributed by atoms with Crippen LogP contribution < -0.4 is 0 Å². The first-order valence-electron chi connectivity index (χ1n) is 6.64. The summed E-state index contributed by atoms with van der Waals surface area (Å²) in [6, 6.07) is 5.86. The molecule has 0 radical (unpaired) electrons. The molecular formula is C15H20O3. The number of rotatable bonds is 5. The Morgan fingerprint density at radius 3 is 2.89 bits per heavy atom. The van der Waals surface area contributed by atoms with Crippen molar-refractivity contribution >= 4 is 5.97 Å². The molecule has 0 saturated heterocycles. The van der Waals surface area contributed by atoms with Crippen LogP contribution in [0.4, 0.5) is 0 Å². The minimum Gasteiger partial charge on any atom is -0.462 e. The average molecular weight is 248 g/mol. The number of esters is 1. The summed E-state index contributed by atoms with van der Waals surface area (Å²) < 4.78 is 5.01. The number of hydrogen-bond acceptors (Lipinski definition) is 3. The summed E-state index contributed by atoms with van der Waals surface area (Å²) in [5.41, 5.74) is 3.26. The van der Waals surface area contributed by atoms with Gasteiger partial charge >= 0.3 is 5.97 Å². The molecule has 0 amide bonds. The Bertz CT molecular complexity index is 426. The number of aliphatic hydroxyl groups excluding tert-OH is 1. The largest absolute Gasteiger partial charge is 0.462 e. The van der Waals surface area contributed by atoms with Crippen LogP contribution in [-0.4, -0.2) is 24.3 Å². The normalized spacial score (nSPS) is 17.6. The summed E-state index contributed by atoms with van der Waals surface area (Å²) >= 11 is 0. The van der Waals surface area contributed by atoms with Gasteiger partial charge < -0.3 is 9.84 Å². The zero-order valence-corrected chi connectivity index (χ0v) is 10.8. The summed E-state index contributed by atoms with van der Waals surface area (Å²) in [6.45, 7) is 2.49. The number of aliphatic hydroxyl groups is 1. The maximum Gasteiger partial charge on any atom is 0.338 e. The zero-order valence-electron chi connectivity index (χ0n) is 10.8. The van der Waals surface area contributed by atoms with Crippen LogP contribution in [0.5, 0.6) is 0 Å². The molecule has 0 spiro atoms. The number of carbonyl (C=O) groups excluding carboxylic acids is 1. The molecule has 0 heterocycles. The first-order valence-corrected chi connectivity index (χ1v) is 6.64. The van der Waals surface area contributed by atoms with E-state index < -0.39 is 0 Å². The SMILES string of the molecule is CCOC(=O)c1ccc2c(c1)CC(CCCO)C2. The third-order valence-electron chi connectivity index (χ3n) is 3.51. The van der Waals surface area contributed by atoms with E-state index in [-0.39, 0.29) is 12.6 Å². The minimum atomic E-state index is -0.237. The Hall–Kier alpha value is -1.35. The first kappa shape index (κ1) is 13.1. The van der Waals surface area contributed by atoms with Crippen LogP contribution in [0.25, 0.3) is 0 Å². The third kappa shape index (κ3) is 2.91. The maximum atomic E-state index is 11.6. The van der Waals surface area contributed by atoms with Crippen molar-refractivity contribution in [3.8, 4) is 0 Å². The van der Waals surface area contributed by atoms with Crippen molar-refractivity contribution in [2.24, 2.45) is 5.92 Å². The zero-order chi connectivity index (χ0) is 13.0. The smallest absolute Gasteiger partial charge is 0.338 e. The molecule has 3 heteroatoms. The van der Waals surface area contributed by atoms with Gasteiger partial charge in [0.1, 0.15) is 0 Å². The van der Waals surface area contributed by atoms with Gasteiger partial charge in [-0.3, -0.25) is 0 Å². The molecule has 1 atom stereocenters. The van der Waals surface area contributed by atoms with E-state index in [2.05, 4.69) is 0 Å². The van der Waals surface area contributed by atoms with Gasteiger partial charge in [0.15, 0.2) is 0 Å². The van der Waals surface area contributed by atoms with Crippen molar-refractivity contribution in [3.63, 3.8) is 0 Å². The summed E-state index contributed by atoms with van der Waals surface area (Å²) in [5, 5.41) is 8.86. The van der Waals surface area contributed by atoms with Gasteiger partial charge in [-0.05, 0) is 61.8 Å². The van der Waals surface area contributed by atoms with Crippen molar-refractivity contribution in [1.82, 2.24) is 0 Å². The van der Waals surface area contributed by atoms with Crippen LogP contribution in [0, 0.1) is 5.92 Å². The van der Waals surface area contributed by atoms with Gasteiger partial charge in [0.2, 0.25) is 0 Å². The number of carbonyl (C=O) groups is 1. The molecule has 1 N–H and O–H groups in total. The fraction of sp³-hybridized carbons (Fsp3) is 0.533. The molecule has 18 heavy (non-hydrogen) atoms. The lowest BCUT2D eigenvalue weighted by Crippen LogP contribution is -2.05. The Morgan fingerprint density at radius 1 is 1.39 bits per heavy atom. The highest BCUT2D eigenvalue weighted by molar-refractivity contribution is 5.89. The van der Waals surface area contributed by atoms with E-state index in [0.717, 1.165) is 25.7 Å². The van der Waals surface area contributed by atoms with Crippen molar-refractivity contribution in [1.29, 1.82) is 0 Å². The number of benzene rings is 1. The standard InChI is InChI=1S/C15H20O3/c1-2-18-15(17)13-6-5-12-8-11(4-3-7-16)9-14(12)10-13/h5-6,10-11,16H,2-4,7-9H2,1H3. The second-order valence-corrected chi connectivity index (χ2v) is 4.84. The topological polar surface area (TPSA) is 46.5 Å². The molecule has 1 aliphatic carbocycles. The van der Waals surface area contributed by atoms with E-state index in [1.165, 1.54) is 11.1 Å². The molecule has 0 fully saturated rings. The van der Waals surface area contributed by atoms with Crippen LogP contribution in [0.15, 0.2) is 18.2 Å². The van der Waals surface area contributed by atoms with Gasteiger partial charge in [-0.1, -0.05) is 6.07 Å². The fourth-order valence-electron chi connectivity index (χ4n) is 2.63. The van der Waals surface area contributed by atoms with Crippen LogP contribution in [0.3, 0.4) is 0 Å². The van der Waals surface area contributed by atoms with E-state index in [0.29, 0.717) is 18.1 Å². The molecule has 98 valence electrons. The molecule has 0 bridgehead atoms. The summed E-state index contributed by atoms with van der Waals surface area (Å²) in [4.78, 5) is 11.6.